The van der Waals surface area contributed by atoms with Crippen molar-refractivity contribution in [1.29, 1.82) is 0 Å². The second kappa shape index (κ2) is 4.51. The molecule has 1 heterocycles. The molecule has 0 aliphatic rings. The summed E-state index contributed by atoms with van der Waals surface area (Å²) >= 11 is 0. The maximum Gasteiger partial charge on any atom is 0.374 e. The molecule has 2 N–H and O–H groups in total. The Balaban J connectivity index is 2.58. The molecular formula is C8H11NO4. The number of hydrogen-bond donors (Lipinski definition) is 1. The molecule has 0 saturated heterocycles. The van der Waals surface area contributed by atoms with Crippen LogP contribution in [0.2, 0.25) is 0 Å². The van der Waals surface area contributed by atoms with Gasteiger partial charge in [-0.2, -0.15) is 0 Å². The monoisotopic (exact) mass is 185 g/mol. The van der Waals surface area contributed by atoms with Crippen LogP contribution in [0.25, 0.3) is 0 Å². The summed E-state index contributed by atoms with van der Waals surface area (Å²) in [5.41, 5.74) is 5.21. The number of carbonyl (C=O) groups is 1. The van der Waals surface area contributed by atoms with Crippen molar-refractivity contribution >= 4 is 5.97 Å². The molecule has 0 unspecified atom stereocenters. The zero-order chi connectivity index (χ0) is 9.68. The van der Waals surface area contributed by atoms with Crippen molar-refractivity contribution in [3.05, 3.63) is 17.9 Å². The highest BCUT2D eigenvalue weighted by Crippen LogP contribution is 2.16. The minimum Gasteiger partial charge on any atom is -0.464 e. The van der Waals surface area contributed by atoms with Crippen molar-refractivity contribution < 1.29 is 18.7 Å². The third kappa shape index (κ3) is 2.48. The fourth-order valence-corrected chi connectivity index (χ4v) is 0.768. The van der Waals surface area contributed by atoms with E-state index >= 15 is 0 Å². The van der Waals surface area contributed by atoms with Crippen molar-refractivity contribution in [2.75, 3.05) is 20.3 Å². The number of methoxy groups -OCH3 is 1. The predicted octanol–water partition coefficient (Wildman–Crippen LogP) is 0.404. The Morgan fingerprint density at radius 2 is 2.38 bits per heavy atom. The molecule has 0 saturated carbocycles. The van der Waals surface area contributed by atoms with Gasteiger partial charge in [-0.25, -0.2) is 4.79 Å². The largest absolute Gasteiger partial charge is 0.464 e. The van der Waals surface area contributed by atoms with E-state index in [-0.39, 0.29) is 11.7 Å². The molecule has 0 amide bonds. The molecule has 5 nitrogen and oxygen atoms in total. The van der Waals surface area contributed by atoms with Crippen molar-refractivity contribution in [2.45, 2.75) is 0 Å². The van der Waals surface area contributed by atoms with E-state index in [4.69, 9.17) is 14.9 Å². The van der Waals surface area contributed by atoms with Crippen molar-refractivity contribution in [2.24, 2.45) is 5.73 Å². The summed E-state index contributed by atoms with van der Waals surface area (Å²) in [7, 11) is 1.28. The molecule has 1 aromatic rings. The third-order valence-electron chi connectivity index (χ3n) is 1.33. The molecule has 5 heteroatoms. The molecule has 0 aliphatic carbocycles. The van der Waals surface area contributed by atoms with Gasteiger partial charge in [0, 0.05) is 12.6 Å². The van der Waals surface area contributed by atoms with E-state index < -0.39 is 5.97 Å². The molecule has 0 fully saturated rings. The summed E-state index contributed by atoms with van der Waals surface area (Å²) in [5, 5.41) is 0. The van der Waals surface area contributed by atoms with Crippen molar-refractivity contribution in [3.63, 3.8) is 0 Å². The average Bonchev–Trinajstić information content (AvgIpc) is 2.62. The highest BCUT2D eigenvalue weighted by molar-refractivity contribution is 5.86. The lowest BCUT2D eigenvalue weighted by atomic mass is 10.5. The molecule has 1 rings (SSSR count). The van der Waals surface area contributed by atoms with Crippen LogP contribution in [0, 0.1) is 0 Å². The lowest BCUT2D eigenvalue weighted by molar-refractivity contribution is 0.0557. The Hall–Kier alpha value is -1.49. The van der Waals surface area contributed by atoms with Crippen LogP contribution in [-0.4, -0.2) is 26.2 Å². The van der Waals surface area contributed by atoms with Gasteiger partial charge in [-0.3, -0.25) is 0 Å². The van der Waals surface area contributed by atoms with Gasteiger partial charge in [0.15, 0.2) is 0 Å². The Kier molecular flexibility index (Phi) is 3.33. The first-order valence-electron chi connectivity index (χ1n) is 3.79. The van der Waals surface area contributed by atoms with E-state index in [0.29, 0.717) is 13.2 Å². The van der Waals surface area contributed by atoms with E-state index in [1.165, 1.54) is 13.2 Å². The number of hydrogen-bond acceptors (Lipinski definition) is 5. The number of nitrogens with two attached hydrogens (primary N) is 1. The van der Waals surface area contributed by atoms with E-state index in [0.717, 1.165) is 0 Å². The number of carbonyl (C=O) groups excluding carboxylic acids is 1. The van der Waals surface area contributed by atoms with Crippen LogP contribution in [0.4, 0.5) is 0 Å². The fraction of sp³-hybridized carbons (Fsp3) is 0.375. The number of ether oxygens (including phenoxy) is 2. The topological polar surface area (TPSA) is 74.7 Å². The van der Waals surface area contributed by atoms with Gasteiger partial charge in [0.05, 0.1) is 7.11 Å². The molecule has 13 heavy (non-hydrogen) atoms. The first kappa shape index (κ1) is 9.60. The predicted molar refractivity (Wildman–Crippen MR) is 44.6 cm³/mol. The molecule has 0 radical (unpaired) electrons. The minimum absolute atomic E-state index is 0.120. The summed E-state index contributed by atoms with van der Waals surface area (Å²) in [4.78, 5) is 10.9. The molecule has 0 atom stereocenters. The van der Waals surface area contributed by atoms with Crippen LogP contribution < -0.4 is 10.5 Å². The van der Waals surface area contributed by atoms with Crippen LogP contribution in [0.1, 0.15) is 10.6 Å². The summed E-state index contributed by atoms with van der Waals surface area (Å²) in [6.07, 6.45) is 0. The highest BCUT2D eigenvalue weighted by Gasteiger charge is 2.10. The van der Waals surface area contributed by atoms with Gasteiger partial charge < -0.3 is 19.6 Å². The molecule has 0 spiro atoms. The molecule has 72 valence electrons. The molecule has 0 bridgehead atoms. The lowest BCUT2D eigenvalue weighted by Gasteiger charge is -1.98. The normalized spacial score (nSPS) is 9.69. The second-order valence-corrected chi connectivity index (χ2v) is 2.25. The highest BCUT2D eigenvalue weighted by atomic mass is 16.6. The van der Waals surface area contributed by atoms with Crippen LogP contribution in [0.15, 0.2) is 16.5 Å². The maximum atomic E-state index is 10.9. The minimum atomic E-state index is -0.525. The third-order valence-corrected chi connectivity index (χ3v) is 1.33. The number of esters is 1. The molecule has 1 aromatic heterocycles. The van der Waals surface area contributed by atoms with Crippen LogP contribution >= 0.6 is 0 Å². The standard InChI is InChI=1S/C8H11NO4/c1-11-8(10)6-2-3-7(13-6)12-5-4-9/h2-3H,4-5,9H2,1H3. The Bertz CT molecular complexity index is 281. The molecular weight excluding hydrogens is 174 g/mol. The lowest BCUT2D eigenvalue weighted by Crippen LogP contribution is -2.10. The van der Waals surface area contributed by atoms with Gasteiger partial charge in [0.2, 0.25) is 5.76 Å². The van der Waals surface area contributed by atoms with Crippen LogP contribution in [-0.2, 0) is 4.74 Å². The van der Waals surface area contributed by atoms with E-state index in [2.05, 4.69) is 4.74 Å². The first-order valence-corrected chi connectivity index (χ1v) is 3.79. The molecule has 0 aliphatic heterocycles. The quantitative estimate of drug-likeness (QED) is 0.687. The van der Waals surface area contributed by atoms with Crippen LogP contribution in [0.5, 0.6) is 5.95 Å². The van der Waals surface area contributed by atoms with Gasteiger partial charge in [-0.15, -0.1) is 0 Å². The zero-order valence-corrected chi connectivity index (χ0v) is 7.28. The fourth-order valence-electron chi connectivity index (χ4n) is 0.768. The first-order chi connectivity index (χ1) is 6.27. The van der Waals surface area contributed by atoms with Gasteiger partial charge in [-0.05, 0) is 6.07 Å². The van der Waals surface area contributed by atoms with Gasteiger partial charge in [-0.1, -0.05) is 0 Å². The van der Waals surface area contributed by atoms with E-state index in [1.54, 1.807) is 6.07 Å². The van der Waals surface area contributed by atoms with Crippen molar-refractivity contribution in [1.82, 2.24) is 0 Å². The maximum absolute atomic E-state index is 10.9. The average molecular weight is 185 g/mol. The number of furan rings is 1. The smallest absolute Gasteiger partial charge is 0.374 e. The Morgan fingerprint density at radius 3 is 3.00 bits per heavy atom. The van der Waals surface area contributed by atoms with E-state index in [9.17, 15) is 4.79 Å². The summed E-state index contributed by atoms with van der Waals surface area (Å²) in [6, 6.07) is 3.03. The SMILES string of the molecule is COC(=O)c1ccc(OCCN)o1. The van der Waals surface area contributed by atoms with Crippen LogP contribution in [0.3, 0.4) is 0 Å². The van der Waals surface area contributed by atoms with Gasteiger partial charge >= 0.3 is 5.97 Å². The summed E-state index contributed by atoms with van der Waals surface area (Å²) in [5.74, 6) is -0.136. The molecule has 0 aromatic carbocycles. The Labute approximate surface area is 75.4 Å². The van der Waals surface area contributed by atoms with Gasteiger partial charge in [0.25, 0.3) is 5.95 Å². The van der Waals surface area contributed by atoms with E-state index in [1.807, 2.05) is 0 Å². The van der Waals surface area contributed by atoms with Gasteiger partial charge in [0.1, 0.15) is 6.61 Å². The van der Waals surface area contributed by atoms with Crippen molar-refractivity contribution in [3.8, 4) is 5.95 Å². The summed E-state index contributed by atoms with van der Waals surface area (Å²) < 4.78 is 14.5. The summed E-state index contributed by atoms with van der Waals surface area (Å²) in [6.45, 7) is 0.752. The number of rotatable bonds is 4. The Morgan fingerprint density at radius 1 is 1.62 bits per heavy atom. The second-order valence-electron chi connectivity index (χ2n) is 2.25. The zero-order valence-electron chi connectivity index (χ0n) is 7.28.